The van der Waals surface area contributed by atoms with Gasteiger partial charge in [0.25, 0.3) is 0 Å². The Morgan fingerprint density at radius 3 is 2.72 bits per heavy atom. The van der Waals surface area contributed by atoms with Gasteiger partial charge in [-0.25, -0.2) is 4.68 Å². The molecule has 4 atom stereocenters. The molecule has 1 aromatic carbocycles. The summed E-state index contributed by atoms with van der Waals surface area (Å²) in [6, 6.07) is 8.11. The van der Waals surface area contributed by atoms with E-state index in [1.54, 1.807) is 30.5 Å². The molecule has 0 saturated carbocycles. The molecule has 1 fully saturated rings. The fourth-order valence-corrected chi connectivity index (χ4v) is 2.59. The van der Waals surface area contributed by atoms with Crippen molar-refractivity contribution in [2.24, 2.45) is 0 Å². The molecule has 0 aliphatic carbocycles. The minimum atomic E-state index is -1.20. The van der Waals surface area contributed by atoms with Crippen LogP contribution in [0.4, 0.5) is 0 Å². The minimum absolute atomic E-state index is 0.0999. The smallest absolute Gasteiger partial charge is 0.134 e. The van der Waals surface area contributed by atoms with Gasteiger partial charge in [-0.15, -0.1) is 5.10 Å². The molecule has 3 N–H and O–H groups in total. The molecule has 0 amide bonds. The molecule has 9 heteroatoms. The number of nitrogens with zero attached hydrogens (tertiary/aromatic N) is 4. The van der Waals surface area contributed by atoms with Crippen molar-refractivity contribution in [2.75, 3.05) is 13.2 Å². The van der Waals surface area contributed by atoms with E-state index in [1.165, 1.54) is 4.68 Å². The molecular weight excluding hydrogens is 328 g/mol. The normalized spacial score (nSPS) is 26.2. The number of nitriles is 1. The Bertz CT molecular complexity index is 742. The van der Waals surface area contributed by atoms with Crippen LogP contribution in [0.15, 0.2) is 30.5 Å². The van der Waals surface area contributed by atoms with Crippen LogP contribution in [0.5, 0.6) is 5.75 Å². The fourth-order valence-electron chi connectivity index (χ4n) is 2.59. The molecule has 0 unspecified atom stereocenters. The Morgan fingerprint density at radius 1 is 1.28 bits per heavy atom. The van der Waals surface area contributed by atoms with Crippen molar-refractivity contribution in [3.63, 3.8) is 0 Å². The van der Waals surface area contributed by atoms with Crippen LogP contribution < -0.4 is 4.74 Å². The molecule has 1 aliphatic heterocycles. The highest BCUT2D eigenvalue weighted by molar-refractivity contribution is 5.34. The average molecular weight is 346 g/mol. The zero-order valence-corrected chi connectivity index (χ0v) is 13.3. The van der Waals surface area contributed by atoms with Crippen LogP contribution in [0.25, 0.3) is 0 Å². The third-order valence-corrected chi connectivity index (χ3v) is 4.05. The molecule has 132 valence electrons. The second-order valence-corrected chi connectivity index (χ2v) is 5.72. The van der Waals surface area contributed by atoms with E-state index in [1.807, 2.05) is 6.07 Å². The van der Waals surface area contributed by atoms with Crippen molar-refractivity contribution in [3.8, 4) is 11.8 Å². The summed E-state index contributed by atoms with van der Waals surface area (Å²) in [5, 5.41) is 45.9. The number of aliphatic hydroxyl groups is 3. The molecule has 2 heterocycles. The molecular formula is C16H18N4O5. The molecule has 2 aromatic rings. The largest absolute Gasteiger partial charge is 0.487 e. The first-order valence-corrected chi connectivity index (χ1v) is 7.74. The van der Waals surface area contributed by atoms with Crippen LogP contribution in [0.3, 0.4) is 0 Å². The number of ether oxygens (including phenoxy) is 2. The van der Waals surface area contributed by atoms with Gasteiger partial charge in [-0.3, -0.25) is 0 Å². The maximum Gasteiger partial charge on any atom is 0.134 e. The Kier molecular flexibility index (Phi) is 5.25. The van der Waals surface area contributed by atoms with E-state index < -0.39 is 24.4 Å². The third-order valence-electron chi connectivity index (χ3n) is 4.05. The lowest BCUT2D eigenvalue weighted by Gasteiger charge is -2.36. The molecule has 1 saturated heterocycles. The quantitative estimate of drug-likeness (QED) is 0.652. The molecule has 0 spiro atoms. The van der Waals surface area contributed by atoms with Crippen LogP contribution in [0.1, 0.15) is 17.3 Å². The van der Waals surface area contributed by atoms with E-state index in [4.69, 9.17) is 19.8 Å². The van der Waals surface area contributed by atoms with Crippen molar-refractivity contribution < 1.29 is 24.8 Å². The molecule has 3 rings (SSSR count). The van der Waals surface area contributed by atoms with Crippen LogP contribution in [-0.2, 0) is 11.3 Å². The van der Waals surface area contributed by atoms with E-state index in [0.717, 1.165) is 0 Å². The van der Waals surface area contributed by atoms with Gasteiger partial charge in [0, 0.05) is 0 Å². The van der Waals surface area contributed by atoms with Gasteiger partial charge in [0.1, 0.15) is 42.4 Å². The first-order chi connectivity index (χ1) is 12.1. The van der Waals surface area contributed by atoms with Gasteiger partial charge in [-0.05, 0) is 24.3 Å². The lowest BCUT2D eigenvalue weighted by atomic mass is 9.98. The Hall–Kier alpha value is -2.51. The van der Waals surface area contributed by atoms with E-state index in [2.05, 4.69) is 10.3 Å². The number of rotatable bonds is 5. The Balaban J connectivity index is 1.61. The number of aliphatic hydroxyl groups excluding tert-OH is 3. The molecule has 0 bridgehead atoms. The zero-order valence-electron chi connectivity index (χ0n) is 13.3. The van der Waals surface area contributed by atoms with Crippen molar-refractivity contribution in [1.29, 1.82) is 5.26 Å². The highest BCUT2D eigenvalue weighted by atomic mass is 16.5. The molecule has 1 aliphatic rings. The molecule has 9 nitrogen and oxygen atoms in total. The van der Waals surface area contributed by atoms with Crippen molar-refractivity contribution in [1.82, 2.24) is 15.0 Å². The summed E-state index contributed by atoms with van der Waals surface area (Å²) in [4.78, 5) is 0. The summed E-state index contributed by atoms with van der Waals surface area (Å²) in [5.41, 5.74) is 1.08. The zero-order chi connectivity index (χ0) is 17.8. The summed E-state index contributed by atoms with van der Waals surface area (Å²) < 4.78 is 12.3. The second-order valence-electron chi connectivity index (χ2n) is 5.72. The van der Waals surface area contributed by atoms with Crippen molar-refractivity contribution >= 4 is 0 Å². The standard InChI is InChI=1S/C16H18N4O5/c17-5-10-1-3-12(4-2-10)24-8-11-6-20(19-18-11)13-9-25-14(7-21)16(23)15(13)22/h1-4,6,13-16,21-23H,7-9H2/t13-,14+,15+,16-/m0/s1. The molecule has 0 radical (unpaired) electrons. The highest BCUT2D eigenvalue weighted by Gasteiger charge is 2.39. The average Bonchev–Trinajstić information content (AvgIpc) is 3.11. The number of hydrogen-bond donors (Lipinski definition) is 3. The number of benzene rings is 1. The van der Waals surface area contributed by atoms with E-state index in [-0.39, 0.29) is 19.8 Å². The second kappa shape index (κ2) is 7.58. The van der Waals surface area contributed by atoms with Gasteiger partial charge in [0.2, 0.25) is 0 Å². The fraction of sp³-hybridized carbons (Fsp3) is 0.438. The summed E-state index contributed by atoms with van der Waals surface area (Å²) in [7, 11) is 0. The predicted molar refractivity (Wildman–Crippen MR) is 83.4 cm³/mol. The van der Waals surface area contributed by atoms with Gasteiger partial charge in [0.05, 0.1) is 31.0 Å². The Labute approximate surface area is 143 Å². The van der Waals surface area contributed by atoms with E-state index in [9.17, 15) is 10.2 Å². The molecule has 25 heavy (non-hydrogen) atoms. The Morgan fingerprint density at radius 2 is 2.04 bits per heavy atom. The van der Waals surface area contributed by atoms with Gasteiger partial charge in [-0.2, -0.15) is 5.26 Å². The lowest BCUT2D eigenvalue weighted by Crippen LogP contribution is -2.52. The van der Waals surface area contributed by atoms with Crippen LogP contribution in [0.2, 0.25) is 0 Å². The maximum absolute atomic E-state index is 10.2. The highest BCUT2D eigenvalue weighted by Crippen LogP contribution is 2.24. The molecule has 1 aromatic heterocycles. The van der Waals surface area contributed by atoms with Gasteiger partial charge in [0.15, 0.2) is 0 Å². The summed E-state index contributed by atoms with van der Waals surface area (Å²) in [5.74, 6) is 0.593. The van der Waals surface area contributed by atoms with Crippen molar-refractivity contribution in [2.45, 2.75) is 31.0 Å². The minimum Gasteiger partial charge on any atom is -0.487 e. The van der Waals surface area contributed by atoms with Crippen molar-refractivity contribution in [3.05, 3.63) is 41.7 Å². The van der Waals surface area contributed by atoms with E-state index in [0.29, 0.717) is 17.0 Å². The SMILES string of the molecule is N#Cc1ccc(OCc2cn([C@H]3CO[C@H](CO)[C@H](O)[C@@H]3O)nn2)cc1. The maximum atomic E-state index is 10.2. The monoisotopic (exact) mass is 346 g/mol. The first-order valence-electron chi connectivity index (χ1n) is 7.74. The summed E-state index contributed by atoms with van der Waals surface area (Å²) in [6.45, 7) is -0.105. The summed E-state index contributed by atoms with van der Waals surface area (Å²) >= 11 is 0. The number of aromatic nitrogens is 3. The number of hydrogen-bond acceptors (Lipinski definition) is 8. The topological polar surface area (TPSA) is 134 Å². The van der Waals surface area contributed by atoms with Crippen LogP contribution in [0, 0.1) is 11.3 Å². The lowest BCUT2D eigenvalue weighted by molar-refractivity contribution is -0.171. The summed E-state index contributed by atoms with van der Waals surface area (Å²) in [6.07, 6.45) is -1.53. The van der Waals surface area contributed by atoms with Gasteiger partial charge < -0.3 is 24.8 Å². The van der Waals surface area contributed by atoms with Crippen LogP contribution in [-0.4, -0.2) is 61.8 Å². The first kappa shape index (κ1) is 17.3. The third kappa shape index (κ3) is 3.78. The van der Waals surface area contributed by atoms with Crippen LogP contribution >= 0.6 is 0 Å². The van der Waals surface area contributed by atoms with Gasteiger partial charge in [-0.1, -0.05) is 5.21 Å². The van der Waals surface area contributed by atoms with E-state index >= 15 is 0 Å². The van der Waals surface area contributed by atoms with Gasteiger partial charge >= 0.3 is 0 Å². The predicted octanol–water partition coefficient (Wildman–Crippen LogP) is -0.617.